The first-order chi connectivity index (χ1) is 21.7. The average molecular weight is 693 g/mol. The van der Waals surface area contributed by atoms with E-state index in [-0.39, 0.29) is 19.8 Å². The van der Waals surface area contributed by atoms with E-state index in [4.69, 9.17) is 36.4 Å². The number of hydrogen-bond acceptors (Lipinski definition) is 9. The molecule has 0 bridgehead atoms. The van der Waals surface area contributed by atoms with Gasteiger partial charge in [0.05, 0.1) is 43.2 Å². The smallest absolute Gasteiger partial charge is 0.338 e. The zero-order valence-corrected chi connectivity index (χ0v) is 27.1. The number of thiocarbonyl (C=S) groups is 1. The summed E-state index contributed by atoms with van der Waals surface area (Å²) in [5.74, 6) is 0.247. The van der Waals surface area contributed by atoms with Crippen molar-refractivity contribution in [3.05, 3.63) is 98.7 Å². The van der Waals surface area contributed by atoms with Crippen molar-refractivity contribution in [3.8, 4) is 23.3 Å². The Morgan fingerprint density at radius 3 is 2.60 bits per heavy atom. The molecule has 1 heterocycles. The van der Waals surface area contributed by atoms with Crippen molar-refractivity contribution in [2.24, 2.45) is 5.10 Å². The number of nitrogens with zero attached hydrogens (tertiary/aromatic N) is 2. The maximum absolute atomic E-state index is 12.8. The fourth-order valence-corrected chi connectivity index (χ4v) is 5.15. The molecule has 0 saturated carbocycles. The Morgan fingerprint density at radius 1 is 1.13 bits per heavy atom. The van der Waals surface area contributed by atoms with Gasteiger partial charge >= 0.3 is 5.97 Å². The first kappa shape index (κ1) is 33.0. The predicted octanol–water partition coefficient (Wildman–Crippen LogP) is 4.79. The van der Waals surface area contributed by atoms with Crippen LogP contribution in [-0.2, 0) is 20.9 Å². The summed E-state index contributed by atoms with van der Waals surface area (Å²) >= 11 is 8.78. The SMILES string of the molecule is CCOC(=O)C1=C(C)NC(=S)N[C@H]1c1ccccc1OCC(=O)NN=Cc1cc(Br)cc(OC)c1OCc1ccc(C#N)cc1. The molecule has 232 valence electrons. The Balaban J connectivity index is 1.45. The summed E-state index contributed by atoms with van der Waals surface area (Å²) in [5, 5.41) is 19.5. The number of nitrogens with one attached hydrogen (secondary N) is 3. The van der Waals surface area contributed by atoms with Crippen LogP contribution in [0.15, 0.2) is 81.5 Å². The molecule has 1 aliphatic heterocycles. The third-order valence-corrected chi connectivity index (χ3v) is 7.16. The third-order valence-electron chi connectivity index (χ3n) is 6.48. The molecule has 0 radical (unpaired) electrons. The van der Waals surface area contributed by atoms with Crippen molar-refractivity contribution in [3.63, 3.8) is 0 Å². The molecule has 45 heavy (non-hydrogen) atoms. The second-order valence-electron chi connectivity index (χ2n) is 9.53. The van der Waals surface area contributed by atoms with E-state index >= 15 is 0 Å². The number of ether oxygens (including phenoxy) is 4. The molecular formula is C32H30BrN5O6S. The number of amides is 1. The summed E-state index contributed by atoms with van der Waals surface area (Å²) in [6.07, 6.45) is 1.44. The highest BCUT2D eigenvalue weighted by Gasteiger charge is 2.32. The van der Waals surface area contributed by atoms with Gasteiger partial charge in [-0.2, -0.15) is 10.4 Å². The van der Waals surface area contributed by atoms with Gasteiger partial charge in [0.1, 0.15) is 12.4 Å². The van der Waals surface area contributed by atoms with Gasteiger partial charge in [-0.15, -0.1) is 0 Å². The number of para-hydroxylation sites is 1. The fourth-order valence-electron chi connectivity index (χ4n) is 4.43. The van der Waals surface area contributed by atoms with Crippen molar-refractivity contribution >= 4 is 51.4 Å². The summed E-state index contributed by atoms with van der Waals surface area (Å²) in [6, 6.07) is 19.0. The lowest BCUT2D eigenvalue weighted by Crippen LogP contribution is -2.45. The van der Waals surface area contributed by atoms with Crippen LogP contribution in [-0.4, -0.2) is 43.5 Å². The van der Waals surface area contributed by atoms with Crippen LogP contribution < -0.4 is 30.3 Å². The molecule has 11 nitrogen and oxygen atoms in total. The molecule has 1 amide bonds. The van der Waals surface area contributed by atoms with Crippen LogP contribution in [0.2, 0.25) is 0 Å². The summed E-state index contributed by atoms with van der Waals surface area (Å²) < 4.78 is 23.4. The molecule has 4 rings (SSSR count). The largest absolute Gasteiger partial charge is 0.493 e. The highest BCUT2D eigenvalue weighted by molar-refractivity contribution is 9.10. The number of benzene rings is 3. The van der Waals surface area contributed by atoms with Crippen molar-refractivity contribution in [2.75, 3.05) is 20.3 Å². The number of hydrazone groups is 1. The average Bonchev–Trinajstić information content (AvgIpc) is 3.03. The van der Waals surface area contributed by atoms with Crippen LogP contribution in [0.25, 0.3) is 0 Å². The van der Waals surface area contributed by atoms with Crippen LogP contribution in [0.1, 0.15) is 42.1 Å². The van der Waals surface area contributed by atoms with E-state index in [1.807, 2.05) is 0 Å². The Morgan fingerprint density at radius 2 is 1.89 bits per heavy atom. The van der Waals surface area contributed by atoms with Gasteiger partial charge < -0.3 is 29.6 Å². The summed E-state index contributed by atoms with van der Waals surface area (Å²) in [7, 11) is 1.52. The molecule has 0 fully saturated rings. The monoisotopic (exact) mass is 691 g/mol. The second kappa shape index (κ2) is 15.7. The molecule has 1 atom stereocenters. The Labute approximate surface area is 274 Å². The molecule has 0 aromatic heterocycles. The first-order valence-corrected chi connectivity index (χ1v) is 14.9. The molecule has 0 unspecified atom stereocenters. The molecular weight excluding hydrogens is 662 g/mol. The molecule has 1 aliphatic rings. The Bertz CT molecular complexity index is 1690. The van der Waals surface area contributed by atoms with E-state index in [9.17, 15) is 9.59 Å². The standard InChI is InChI=1S/C32H30BrN5O6S/c1-4-42-31(40)28-19(2)36-32(45)37-29(28)24-7-5-6-8-25(24)43-18-27(39)38-35-16-22-13-23(33)14-26(41-3)30(22)44-17-21-11-9-20(15-34)10-12-21/h5-14,16,29H,4,17-18H2,1-3H3,(H,38,39)(H2,36,37,45)/t29-/m0/s1. The van der Waals surface area contributed by atoms with Crippen molar-refractivity contribution in [1.29, 1.82) is 5.26 Å². The molecule has 3 aromatic carbocycles. The van der Waals surface area contributed by atoms with Gasteiger partial charge in [0, 0.05) is 21.3 Å². The highest BCUT2D eigenvalue weighted by Crippen LogP contribution is 2.35. The summed E-state index contributed by atoms with van der Waals surface area (Å²) in [4.78, 5) is 25.5. The normalized spacial score (nSPS) is 14.2. The van der Waals surface area contributed by atoms with Gasteiger partial charge in [-0.1, -0.05) is 46.3 Å². The van der Waals surface area contributed by atoms with E-state index in [1.54, 1.807) is 74.5 Å². The number of carbonyl (C=O) groups excluding carboxylic acids is 2. The van der Waals surface area contributed by atoms with Crippen molar-refractivity contribution in [1.82, 2.24) is 16.1 Å². The zero-order valence-electron chi connectivity index (χ0n) is 24.7. The van der Waals surface area contributed by atoms with Gasteiger partial charge in [0.15, 0.2) is 23.2 Å². The van der Waals surface area contributed by atoms with Gasteiger partial charge in [0.2, 0.25) is 0 Å². The highest BCUT2D eigenvalue weighted by atomic mass is 79.9. The Kier molecular flexibility index (Phi) is 11.5. The molecule has 0 aliphatic carbocycles. The topological polar surface area (TPSA) is 143 Å². The number of methoxy groups -OCH3 is 1. The number of esters is 1. The molecule has 13 heteroatoms. The minimum atomic E-state index is -0.649. The lowest BCUT2D eigenvalue weighted by Gasteiger charge is -2.30. The lowest BCUT2D eigenvalue weighted by molar-refractivity contribution is -0.139. The predicted molar refractivity (Wildman–Crippen MR) is 175 cm³/mol. The van der Waals surface area contributed by atoms with E-state index in [2.05, 4.69) is 43.2 Å². The van der Waals surface area contributed by atoms with Crippen LogP contribution in [0.5, 0.6) is 17.2 Å². The molecule has 0 saturated heterocycles. The summed E-state index contributed by atoms with van der Waals surface area (Å²) in [5.41, 5.74) is 5.94. The number of hydrogen-bond donors (Lipinski definition) is 3. The quantitative estimate of drug-likeness (QED) is 0.105. The van der Waals surface area contributed by atoms with Gasteiger partial charge in [0.25, 0.3) is 5.91 Å². The van der Waals surface area contributed by atoms with E-state index < -0.39 is 17.9 Å². The van der Waals surface area contributed by atoms with E-state index in [0.29, 0.717) is 50.3 Å². The number of nitriles is 1. The van der Waals surface area contributed by atoms with Crippen LogP contribution in [0, 0.1) is 11.3 Å². The molecule has 3 N–H and O–H groups in total. The van der Waals surface area contributed by atoms with Crippen LogP contribution in [0.3, 0.4) is 0 Å². The van der Waals surface area contributed by atoms with Crippen LogP contribution in [0.4, 0.5) is 0 Å². The maximum atomic E-state index is 12.8. The summed E-state index contributed by atoms with van der Waals surface area (Å²) in [6.45, 7) is 3.54. The number of rotatable bonds is 12. The van der Waals surface area contributed by atoms with Crippen molar-refractivity contribution < 1.29 is 28.5 Å². The van der Waals surface area contributed by atoms with Gasteiger partial charge in [-0.25, -0.2) is 10.2 Å². The lowest BCUT2D eigenvalue weighted by atomic mass is 9.95. The van der Waals surface area contributed by atoms with Crippen LogP contribution >= 0.6 is 28.1 Å². The van der Waals surface area contributed by atoms with Crippen molar-refractivity contribution in [2.45, 2.75) is 26.5 Å². The Hall–Kier alpha value is -4.93. The van der Waals surface area contributed by atoms with E-state index in [0.717, 1.165) is 10.0 Å². The minimum absolute atomic E-state index is 0.211. The maximum Gasteiger partial charge on any atom is 0.338 e. The molecule has 0 spiro atoms. The number of allylic oxidation sites excluding steroid dienone is 1. The fraction of sp³-hybridized carbons (Fsp3) is 0.219. The van der Waals surface area contributed by atoms with Gasteiger partial charge in [-0.05, 0) is 62.0 Å². The van der Waals surface area contributed by atoms with Gasteiger partial charge in [-0.3, -0.25) is 4.79 Å². The number of halogens is 1. The molecule has 3 aromatic rings. The zero-order chi connectivity index (χ0) is 32.3. The first-order valence-electron chi connectivity index (χ1n) is 13.7. The minimum Gasteiger partial charge on any atom is -0.493 e. The van der Waals surface area contributed by atoms with E-state index in [1.165, 1.54) is 13.3 Å². The third kappa shape index (κ3) is 8.59. The number of carbonyl (C=O) groups is 2. The second-order valence-corrected chi connectivity index (χ2v) is 10.9.